The molecule has 1 aliphatic carbocycles. The van der Waals surface area contributed by atoms with E-state index in [0.29, 0.717) is 18.4 Å². The van der Waals surface area contributed by atoms with Crippen molar-refractivity contribution >= 4 is 17.2 Å². The zero-order chi connectivity index (χ0) is 13.0. The Balaban J connectivity index is 2.41. The summed E-state index contributed by atoms with van der Waals surface area (Å²) in [5.74, 6) is 0.171. The molecule has 2 rings (SSSR count). The number of aliphatic hydroxyl groups excluding tert-OH is 1. The number of ketones is 1. The Morgan fingerprint density at radius 1 is 1.28 bits per heavy atom. The molecule has 0 spiro atoms. The van der Waals surface area contributed by atoms with Gasteiger partial charge in [-0.15, -0.1) is 0 Å². The topological polar surface area (TPSA) is 49.7 Å². The van der Waals surface area contributed by atoms with Gasteiger partial charge in [0, 0.05) is 12.8 Å². The summed E-state index contributed by atoms with van der Waals surface area (Å²) in [5, 5.41) is 9.88. The lowest BCUT2D eigenvalue weighted by Crippen LogP contribution is -2.21. The predicted octanol–water partition coefficient (Wildman–Crippen LogP) is 3.73. The van der Waals surface area contributed by atoms with Crippen LogP contribution < -0.4 is 0 Å². The van der Waals surface area contributed by atoms with Crippen LogP contribution in [0.25, 0.3) is 0 Å². The molecular weight excluding hydrogens is 226 g/mol. The summed E-state index contributed by atoms with van der Waals surface area (Å²) in [6.07, 6.45) is 2.53. The van der Waals surface area contributed by atoms with Crippen molar-refractivity contribution in [2.24, 2.45) is 4.99 Å². The normalized spacial score (nSPS) is 21.2. The van der Waals surface area contributed by atoms with Gasteiger partial charge in [-0.1, -0.05) is 25.1 Å². The fourth-order valence-electron chi connectivity index (χ4n) is 2.10. The van der Waals surface area contributed by atoms with Gasteiger partial charge in [-0.25, -0.2) is 0 Å². The SMILES string of the molecule is CC/C(O)=C1/C(=O)CCCC1=Nc1ccccc1. The molecule has 0 radical (unpaired) electrons. The molecule has 0 aromatic heterocycles. The molecule has 1 saturated carbocycles. The van der Waals surface area contributed by atoms with Crippen molar-refractivity contribution in [3.8, 4) is 0 Å². The molecule has 0 aliphatic heterocycles. The van der Waals surface area contributed by atoms with Gasteiger partial charge in [0.2, 0.25) is 0 Å². The first-order valence-corrected chi connectivity index (χ1v) is 6.30. The number of para-hydroxylation sites is 1. The van der Waals surface area contributed by atoms with Gasteiger partial charge in [0.05, 0.1) is 17.0 Å². The van der Waals surface area contributed by atoms with E-state index in [-0.39, 0.29) is 11.5 Å². The summed E-state index contributed by atoms with van der Waals surface area (Å²) in [6.45, 7) is 1.84. The van der Waals surface area contributed by atoms with Crippen molar-refractivity contribution < 1.29 is 9.90 Å². The van der Waals surface area contributed by atoms with Crippen LogP contribution in [0.3, 0.4) is 0 Å². The lowest BCUT2D eigenvalue weighted by molar-refractivity contribution is -0.115. The van der Waals surface area contributed by atoms with E-state index >= 15 is 0 Å². The summed E-state index contributed by atoms with van der Waals surface area (Å²) < 4.78 is 0. The van der Waals surface area contributed by atoms with Gasteiger partial charge in [0.25, 0.3) is 0 Å². The highest BCUT2D eigenvalue weighted by Gasteiger charge is 2.24. The summed E-state index contributed by atoms with van der Waals surface area (Å²) in [4.78, 5) is 16.4. The Morgan fingerprint density at radius 2 is 2.00 bits per heavy atom. The van der Waals surface area contributed by atoms with E-state index in [2.05, 4.69) is 4.99 Å². The fraction of sp³-hybridized carbons (Fsp3) is 0.333. The first-order valence-electron chi connectivity index (χ1n) is 6.30. The number of aliphatic imine (C=N–C) groups is 1. The molecule has 3 nitrogen and oxygen atoms in total. The zero-order valence-corrected chi connectivity index (χ0v) is 10.5. The first kappa shape index (κ1) is 12.6. The van der Waals surface area contributed by atoms with Crippen molar-refractivity contribution in [1.82, 2.24) is 0 Å². The molecule has 0 heterocycles. The summed E-state index contributed by atoms with van der Waals surface area (Å²) in [6, 6.07) is 9.54. The van der Waals surface area contributed by atoms with E-state index in [9.17, 15) is 9.90 Å². The molecule has 18 heavy (non-hydrogen) atoms. The van der Waals surface area contributed by atoms with Crippen LogP contribution >= 0.6 is 0 Å². The highest BCUT2D eigenvalue weighted by atomic mass is 16.3. The highest BCUT2D eigenvalue weighted by molar-refractivity contribution is 6.24. The molecule has 1 aliphatic rings. The molecule has 0 atom stereocenters. The maximum Gasteiger partial charge on any atom is 0.168 e. The molecule has 3 heteroatoms. The standard InChI is InChI=1S/C15H17NO2/c1-2-13(17)15-12(9-6-10-14(15)18)16-11-7-4-3-5-8-11/h3-5,7-8,17H,2,6,9-10H2,1H3/b15-13-,16-12?. The Kier molecular flexibility index (Phi) is 3.92. The van der Waals surface area contributed by atoms with Crippen LogP contribution in [-0.4, -0.2) is 16.6 Å². The lowest BCUT2D eigenvalue weighted by Gasteiger charge is -2.17. The summed E-state index contributed by atoms with van der Waals surface area (Å²) in [7, 11) is 0. The number of rotatable bonds is 2. The average Bonchev–Trinajstić information content (AvgIpc) is 2.39. The molecule has 1 aromatic carbocycles. The maximum absolute atomic E-state index is 11.9. The van der Waals surface area contributed by atoms with E-state index < -0.39 is 0 Å². The van der Waals surface area contributed by atoms with E-state index in [1.54, 1.807) is 0 Å². The number of nitrogens with zero attached hydrogens (tertiary/aromatic N) is 1. The predicted molar refractivity (Wildman–Crippen MR) is 72.3 cm³/mol. The Hall–Kier alpha value is -1.90. The van der Waals surface area contributed by atoms with Crippen molar-refractivity contribution in [3.63, 3.8) is 0 Å². The lowest BCUT2D eigenvalue weighted by atomic mass is 9.90. The highest BCUT2D eigenvalue weighted by Crippen LogP contribution is 2.24. The van der Waals surface area contributed by atoms with Crippen molar-refractivity contribution in [1.29, 1.82) is 0 Å². The second kappa shape index (κ2) is 5.63. The minimum atomic E-state index is 0.00952. The third-order valence-corrected chi connectivity index (χ3v) is 3.03. The van der Waals surface area contributed by atoms with Crippen LogP contribution in [0.15, 0.2) is 46.7 Å². The minimum absolute atomic E-state index is 0.00952. The molecule has 0 unspecified atom stereocenters. The molecule has 0 bridgehead atoms. The molecule has 0 amide bonds. The second-order valence-electron chi connectivity index (χ2n) is 4.35. The van der Waals surface area contributed by atoms with E-state index in [1.807, 2.05) is 37.3 Å². The summed E-state index contributed by atoms with van der Waals surface area (Å²) in [5.41, 5.74) is 1.98. The van der Waals surface area contributed by atoms with Crippen LogP contribution in [-0.2, 0) is 4.79 Å². The third-order valence-electron chi connectivity index (χ3n) is 3.03. The van der Waals surface area contributed by atoms with Crippen molar-refractivity contribution in [2.45, 2.75) is 32.6 Å². The number of benzene rings is 1. The van der Waals surface area contributed by atoms with Crippen LogP contribution in [0.5, 0.6) is 0 Å². The van der Waals surface area contributed by atoms with Gasteiger partial charge in [-0.2, -0.15) is 0 Å². The summed E-state index contributed by atoms with van der Waals surface area (Å²) >= 11 is 0. The Labute approximate surface area is 107 Å². The zero-order valence-electron chi connectivity index (χ0n) is 10.5. The molecule has 1 fully saturated rings. The van der Waals surface area contributed by atoms with Crippen molar-refractivity contribution in [3.05, 3.63) is 41.7 Å². The first-order chi connectivity index (χ1) is 8.72. The van der Waals surface area contributed by atoms with Crippen LogP contribution in [0.4, 0.5) is 5.69 Å². The van der Waals surface area contributed by atoms with E-state index in [4.69, 9.17) is 0 Å². The van der Waals surface area contributed by atoms with Crippen LogP contribution in [0.2, 0.25) is 0 Å². The number of allylic oxidation sites excluding steroid dienone is 2. The number of carbonyl (C=O) groups is 1. The minimum Gasteiger partial charge on any atom is -0.512 e. The van der Waals surface area contributed by atoms with Crippen molar-refractivity contribution in [2.75, 3.05) is 0 Å². The number of aliphatic hydroxyl groups is 1. The van der Waals surface area contributed by atoms with Gasteiger partial charge in [0.15, 0.2) is 5.78 Å². The Bertz CT molecular complexity index is 500. The monoisotopic (exact) mass is 243 g/mol. The van der Waals surface area contributed by atoms with Gasteiger partial charge < -0.3 is 5.11 Å². The molecule has 1 aromatic rings. The molecular formula is C15H17NO2. The number of hydrogen-bond donors (Lipinski definition) is 1. The number of hydrogen-bond acceptors (Lipinski definition) is 3. The average molecular weight is 243 g/mol. The molecule has 1 N–H and O–H groups in total. The van der Waals surface area contributed by atoms with Crippen LogP contribution in [0.1, 0.15) is 32.6 Å². The smallest absolute Gasteiger partial charge is 0.168 e. The number of Topliss-reactive ketones (excluding diaryl/α,β-unsaturated/α-hetero) is 1. The van der Waals surface area contributed by atoms with Gasteiger partial charge >= 0.3 is 0 Å². The number of carbonyl (C=O) groups excluding carboxylic acids is 1. The van der Waals surface area contributed by atoms with E-state index in [0.717, 1.165) is 24.2 Å². The van der Waals surface area contributed by atoms with Gasteiger partial charge in [0.1, 0.15) is 5.76 Å². The molecule has 94 valence electrons. The maximum atomic E-state index is 11.9. The van der Waals surface area contributed by atoms with Crippen LogP contribution in [0, 0.1) is 0 Å². The van der Waals surface area contributed by atoms with Gasteiger partial charge in [-0.3, -0.25) is 9.79 Å². The van der Waals surface area contributed by atoms with Gasteiger partial charge in [-0.05, 0) is 25.0 Å². The fourth-order valence-corrected chi connectivity index (χ4v) is 2.10. The van der Waals surface area contributed by atoms with E-state index in [1.165, 1.54) is 0 Å². The quantitative estimate of drug-likeness (QED) is 0.635. The molecule has 0 saturated heterocycles. The third kappa shape index (κ3) is 2.67. The largest absolute Gasteiger partial charge is 0.512 e. The Morgan fingerprint density at radius 3 is 2.67 bits per heavy atom. The second-order valence-corrected chi connectivity index (χ2v) is 4.35.